The van der Waals surface area contributed by atoms with Crippen molar-refractivity contribution in [3.05, 3.63) is 35.9 Å². The van der Waals surface area contributed by atoms with Crippen LogP contribution >= 0.6 is 0 Å². The van der Waals surface area contributed by atoms with Crippen LogP contribution in [0.4, 0.5) is 0 Å². The van der Waals surface area contributed by atoms with E-state index in [2.05, 4.69) is 17.6 Å². The molecule has 0 aliphatic carbocycles. The van der Waals surface area contributed by atoms with Gasteiger partial charge in [0.2, 0.25) is 0 Å². The van der Waals surface area contributed by atoms with Crippen LogP contribution in [0.2, 0.25) is 0 Å². The number of carbonyl (C=O) groups is 1. The van der Waals surface area contributed by atoms with Crippen molar-refractivity contribution in [3.8, 4) is 0 Å². The summed E-state index contributed by atoms with van der Waals surface area (Å²) in [7, 11) is 0. The zero-order valence-electron chi connectivity index (χ0n) is 7.79. The molecule has 0 spiro atoms. The number of quaternary nitrogens is 1. The Balaban J connectivity index is 0.000000980. The summed E-state index contributed by atoms with van der Waals surface area (Å²) in [6.07, 6.45) is 0.655. The van der Waals surface area contributed by atoms with E-state index in [9.17, 15) is 4.79 Å². The minimum atomic E-state index is 0. The number of nitrogens with one attached hydrogen (secondary N) is 2. The van der Waals surface area contributed by atoms with Crippen LogP contribution in [-0.2, 0) is 11.3 Å². The van der Waals surface area contributed by atoms with E-state index in [1.54, 1.807) is 0 Å². The first-order chi connectivity index (χ1) is 6.34. The maximum absolute atomic E-state index is 10.9. The van der Waals surface area contributed by atoms with Gasteiger partial charge in [-0.25, -0.2) is 10.4 Å². The van der Waals surface area contributed by atoms with Gasteiger partial charge in [0.1, 0.15) is 13.1 Å². The first kappa shape index (κ1) is 11.0. The third-order valence-corrected chi connectivity index (χ3v) is 2.23. The van der Waals surface area contributed by atoms with E-state index in [0.717, 1.165) is 18.1 Å². The summed E-state index contributed by atoms with van der Waals surface area (Å²) < 4.78 is 0. The molecule has 1 atom stereocenters. The Bertz CT molecular complexity index is 302. The molecule has 14 heavy (non-hydrogen) atoms. The normalized spacial score (nSPS) is 20.0. The number of carbonyl (C=O) groups excluding carboxylic acids is 1. The molecule has 0 aromatic heterocycles. The van der Waals surface area contributed by atoms with Crippen LogP contribution in [0.3, 0.4) is 0 Å². The molecule has 76 valence electrons. The average molecular weight is 213 g/mol. The molecular formula is C10H13ClN2O. The molecule has 1 amide bonds. The Morgan fingerprint density at radius 3 is 2.57 bits per heavy atom. The SMILES string of the molecule is O=C1CC[NH+](Cc2ccccc2)N1.[Cl-]. The van der Waals surface area contributed by atoms with Crippen molar-refractivity contribution in [1.29, 1.82) is 0 Å². The second-order valence-corrected chi connectivity index (χ2v) is 3.31. The van der Waals surface area contributed by atoms with Crippen LogP contribution in [-0.4, -0.2) is 12.5 Å². The Morgan fingerprint density at radius 1 is 1.29 bits per heavy atom. The lowest BCUT2D eigenvalue weighted by Crippen LogP contribution is -3.15. The van der Waals surface area contributed by atoms with Gasteiger partial charge in [0.15, 0.2) is 0 Å². The van der Waals surface area contributed by atoms with Gasteiger partial charge < -0.3 is 12.4 Å². The van der Waals surface area contributed by atoms with E-state index in [0.29, 0.717) is 6.42 Å². The lowest BCUT2D eigenvalue weighted by atomic mass is 10.2. The summed E-state index contributed by atoms with van der Waals surface area (Å²) in [6, 6.07) is 10.2. The second-order valence-electron chi connectivity index (χ2n) is 3.31. The average Bonchev–Trinajstić information content (AvgIpc) is 2.53. The fourth-order valence-corrected chi connectivity index (χ4v) is 1.56. The third kappa shape index (κ3) is 2.72. The first-order valence-corrected chi connectivity index (χ1v) is 4.53. The summed E-state index contributed by atoms with van der Waals surface area (Å²) >= 11 is 0. The zero-order valence-corrected chi connectivity index (χ0v) is 8.55. The Hall–Kier alpha value is -1.06. The molecule has 1 aromatic carbocycles. The van der Waals surface area contributed by atoms with E-state index in [4.69, 9.17) is 0 Å². The quantitative estimate of drug-likeness (QED) is 0.525. The summed E-state index contributed by atoms with van der Waals surface area (Å²) in [4.78, 5) is 10.9. The summed E-state index contributed by atoms with van der Waals surface area (Å²) in [5.74, 6) is 0.158. The monoisotopic (exact) mass is 212 g/mol. The molecule has 1 aliphatic heterocycles. The third-order valence-electron chi connectivity index (χ3n) is 2.23. The lowest BCUT2D eigenvalue weighted by molar-refractivity contribution is -0.940. The molecule has 2 N–H and O–H groups in total. The summed E-state index contributed by atoms with van der Waals surface area (Å²) in [6.45, 7) is 1.78. The highest BCUT2D eigenvalue weighted by molar-refractivity contribution is 5.75. The fourth-order valence-electron chi connectivity index (χ4n) is 1.56. The Labute approximate surface area is 89.5 Å². The van der Waals surface area contributed by atoms with Crippen molar-refractivity contribution in [2.45, 2.75) is 13.0 Å². The molecule has 4 heteroatoms. The molecule has 1 unspecified atom stereocenters. The molecule has 1 fully saturated rings. The van der Waals surface area contributed by atoms with Crippen LogP contribution in [0.5, 0.6) is 0 Å². The molecular weight excluding hydrogens is 200 g/mol. The van der Waals surface area contributed by atoms with Gasteiger partial charge in [-0.15, -0.1) is 0 Å². The first-order valence-electron chi connectivity index (χ1n) is 4.53. The highest BCUT2D eigenvalue weighted by atomic mass is 35.5. The maximum Gasteiger partial charge on any atom is 0.270 e. The Morgan fingerprint density at radius 2 is 2.00 bits per heavy atom. The van der Waals surface area contributed by atoms with E-state index in [1.807, 2.05) is 18.2 Å². The summed E-state index contributed by atoms with van der Waals surface area (Å²) in [5, 5.41) is 1.15. The molecule has 1 aromatic rings. The largest absolute Gasteiger partial charge is 1.00 e. The van der Waals surface area contributed by atoms with Gasteiger partial charge >= 0.3 is 0 Å². The minimum absolute atomic E-state index is 0. The standard InChI is InChI=1S/C10H12N2O.ClH/c13-10-6-7-12(11-10)8-9-4-2-1-3-5-9;/h1-5H,6-8H2,(H,11,13);1H. The van der Waals surface area contributed by atoms with Gasteiger partial charge in [-0.05, 0) is 0 Å². The molecule has 1 aliphatic rings. The van der Waals surface area contributed by atoms with Crippen LogP contribution in [0.1, 0.15) is 12.0 Å². The number of amides is 1. The van der Waals surface area contributed by atoms with E-state index in [1.165, 1.54) is 5.56 Å². The molecule has 0 radical (unpaired) electrons. The van der Waals surface area contributed by atoms with Gasteiger partial charge in [-0.2, -0.15) is 0 Å². The van der Waals surface area contributed by atoms with Crippen molar-refractivity contribution in [3.63, 3.8) is 0 Å². The predicted molar refractivity (Wildman–Crippen MR) is 48.7 cm³/mol. The number of hydrogen-bond acceptors (Lipinski definition) is 1. The topological polar surface area (TPSA) is 33.5 Å². The van der Waals surface area contributed by atoms with Crippen molar-refractivity contribution in [2.24, 2.45) is 0 Å². The van der Waals surface area contributed by atoms with Crippen molar-refractivity contribution >= 4 is 5.91 Å². The van der Waals surface area contributed by atoms with E-state index >= 15 is 0 Å². The molecule has 2 rings (SSSR count). The summed E-state index contributed by atoms with van der Waals surface area (Å²) in [5.41, 5.74) is 4.14. The predicted octanol–water partition coefficient (Wildman–Crippen LogP) is -3.49. The lowest BCUT2D eigenvalue weighted by Gasteiger charge is -2.10. The van der Waals surface area contributed by atoms with Crippen molar-refractivity contribution < 1.29 is 22.2 Å². The van der Waals surface area contributed by atoms with Crippen molar-refractivity contribution in [2.75, 3.05) is 6.54 Å². The fraction of sp³-hybridized carbons (Fsp3) is 0.300. The number of halogens is 1. The zero-order chi connectivity index (χ0) is 9.10. The van der Waals surface area contributed by atoms with Gasteiger partial charge in [0, 0.05) is 5.56 Å². The van der Waals surface area contributed by atoms with Crippen LogP contribution in [0, 0.1) is 0 Å². The van der Waals surface area contributed by atoms with Gasteiger partial charge in [0.05, 0.1) is 6.42 Å². The molecule has 0 bridgehead atoms. The van der Waals surface area contributed by atoms with E-state index in [-0.39, 0.29) is 18.3 Å². The number of rotatable bonds is 2. The van der Waals surface area contributed by atoms with Crippen LogP contribution < -0.4 is 22.8 Å². The molecule has 1 heterocycles. The number of benzene rings is 1. The van der Waals surface area contributed by atoms with Crippen molar-refractivity contribution in [1.82, 2.24) is 5.43 Å². The van der Waals surface area contributed by atoms with Crippen LogP contribution in [0.25, 0.3) is 0 Å². The minimum Gasteiger partial charge on any atom is -1.00 e. The Kier molecular flexibility index (Phi) is 3.92. The smallest absolute Gasteiger partial charge is 0.270 e. The van der Waals surface area contributed by atoms with Gasteiger partial charge in [-0.1, -0.05) is 30.3 Å². The van der Waals surface area contributed by atoms with E-state index < -0.39 is 0 Å². The molecule has 3 nitrogen and oxygen atoms in total. The molecule has 1 saturated heterocycles. The highest BCUT2D eigenvalue weighted by Gasteiger charge is 2.21. The molecule has 0 saturated carbocycles. The highest BCUT2D eigenvalue weighted by Crippen LogP contribution is 1.95. The van der Waals surface area contributed by atoms with Crippen LogP contribution in [0.15, 0.2) is 30.3 Å². The second kappa shape index (κ2) is 4.98. The maximum atomic E-state index is 10.9. The van der Waals surface area contributed by atoms with Gasteiger partial charge in [-0.3, -0.25) is 4.79 Å². The van der Waals surface area contributed by atoms with Gasteiger partial charge in [0.25, 0.3) is 5.91 Å². The number of hydrogen-bond donors (Lipinski definition) is 2.